The molecule has 2 aliphatic carbocycles. The van der Waals surface area contributed by atoms with Crippen LogP contribution in [-0.2, 0) is 14.8 Å². The normalized spacial score (nSPS) is 23.4. The van der Waals surface area contributed by atoms with E-state index < -0.39 is 37.0 Å². The number of anilines is 3. The Kier molecular flexibility index (Phi) is 13.0. The molecule has 10 rings (SSSR count). The molecule has 0 bridgehead atoms. The molecule has 71 heavy (non-hydrogen) atoms. The van der Waals surface area contributed by atoms with Gasteiger partial charge in [0, 0.05) is 67.1 Å². The number of benzene rings is 3. The zero-order valence-electron chi connectivity index (χ0n) is 40.8. The van der Waals surface area contributed by atoms with Crippen molar-refractivity contribution >= 4 is 55.8 Å². The van der Waals surface area contributed by atoms with Crippen molar-refractivity contribution < 1.29 is 37.5 Å². The van der Waals surface area contributed by atoms with Gasteiger partial charge in [-0.15, -0.1) is 0 Å². The van der Waals surface area contributed by atoms with Crippen LogP contribution >= 0.6 is 0 Å². The molecule has 17 nitrogen and oxygen atoms in total. The van der Waals surface area contributed by atoms with E-state index in [2.05, 4.69) is 73.2 Å². The van der Waals surface area contributed by atoms with Gasteiger partial charge in [-0.2, -0.15) is 0 Å². The number of hydrogen-bond donors (Lipinski definition) is 5. The molecule has 2 saturated carbocycles. The molecule has 2 aromatic heterocycles. The molecular formula is C53H64N8O9S. The van der Waals surface area contributed by atoms with Crippen molar-refractivity contribution in [2.75, 3.05) is 41.8 Å². The first-order valence-corrected chi connectivity index (χ1v) is 26.7. The molecule has 2 amide bonds. The number of nitro groups is 1. The number of amides is 2. The number of likely N-dealkylation sites (tertiary alicyclic amines) is 1. The number of nitro benzene ring substituents is 1. The zero-order chi connectivity index (χ0) is 49.8. The standard InChI is InChI=1S/C53H64N8O9S/c1-5-47(62)56-50-46(25-34-16-21-54-49(34)57-50)70-44-26-35(59-23-19-53(20-24-59)29-36(30-53)60-22-8-11-42(60)39-10-7-6-9-38(39)32(2)3)12-13-40(44)51(63)58-71(67,68)37-27-43(61(65)66)48-45(28-37)69-31-41(55-48)33-14-17-52(4,64)18-15-33/h6-7,9-10,12-13,16,21,25-28,32-33,36,41-42,55,64H,5,8,11,14-15,17-20,22-24,29-31H2,1-4H3,(H,58,63)(H2,54,56,57,62)/t33-,41-,42-,52-/m1/s1. The van der Waals surface area contributed by atoms with Gasteiger partial charge in [-0.05, 0) is 130 Å². The zero-order valence-corrected chi connectivity index (χ0v) is 41.6. The molecule has 5 aromatic rings. The summed E-state index contributed by atoms with van der Waals surface area (Å²) in [5.41, 5.74) is 3.09. The third-order valence-electron chi connectivity index (χ3n) is 16.0. The van der Waals surface area contributed by atoms with Gasteiger partial charge in [0.1, 0.15) is 18.0 Å². The maximum atomic E-state index is 14.3. The number of piperidine rings is 1. The molecule has 3 aromatic carbocycles. The average Bonchev–Trinajstić information content (AvgIpc) is 4.02. The number of carbonyl (C=O) groups excluding carboxylic acids is 2. The van der Waals surface area contributed by atoms with Crippen LogP contribution in [0.4, 0.5) is 22.9 Å². The lowest BCUT2D eigenvalue weighted by Gasteiger charge is -2.56. The Morgan fingerprint density at radius 3 is 2.49 bits per heavy atom. The lowest BCUT2D eigenvalue weighted by atomic mass is 9.59. The number of nitrogens with zero attached hydrogens (tertiary/aromatic N) is 4. The number of hydrogen-bond acceptors (Lipinski definition) is 13. The van der Waals surface area contributed by atoms with E-state index in [0.717, 1.165) is 57.1 Å². The number of carbonyl (C=O) groups is 2. The molecule has 2 saturated heterocycles. The number of aromatic amines is 1. The van der Waals surface area contributed by atoms with Gasteiger partial charge >= 0.3 is 0 Å². The number of nitrogens with one attached hydrogen (secondary N) is 4. The Bertz CT molecular complexity index is 2970. The predicted octanol–water partition coefficient (Wildman–Crippen LogP) is 9.55. The molecule has 18 heteroatoms. The van der Waals surface area contributed by atoms with E-state index in [1.54, 1.807) is 44.3 Å². The SMILES string of the molecule is CCC(=O)Nc1nc2[nH]ccc2cc1Oc1cc(N2CCC3(CC2)CC(N2CCC[C@@H]2c2ccccc2C(C)C)C3)ccc1C(=O)NS(=O)(=O)c1cc2c(c([N+](=O)[O-])c1)N[C@@H]([C@H]1CC[C@](C)(O)CC1)CO2. The van der Waals surface area contributed by atoms with Crippen molar-refractivity contribution in [2.45, 2.75) is 133 Å². The molecule has 0 radical (unpaired) electrons. The molecule has 1 spiro atoms. The van der Waals surface area contributed by atoms with Crippen molar-refractivity contribution in [3.63, 3.8) is 0 Å². The fraction of sp³-hybridized carbons (Fsp3) is 0.491. The summed E-state index contributed by atoms with van der Waals surface area (Å²) < 4.78 is 42.9. The van der Waals surface area contributed by atoms with Crippen LogP contribution in [0.1, 0.15) is 132 Å². The number of pyridine rings is 1. The molecular weight excluding hydrogens is 925 g/mol. The van der Waals surface area contributed by atoms with Gasteiger partial charge in [-0.25, -0.2) is 18.1 Å². The van der Waals surface area contributed by atoms with Crippen molar-refractivity contribution in [3.05, 3.63) is 99.7 Å². The monoisotopic (exact) mass is 988 g/mol. The molecule has 0 unspecified atom stereocenters. The number of aliphatic hydroxyl groups is 1. The molecule has 5 heterocycles. The number of H-pyrrole nitrogens is 1. The lowest BCUT2D eigenvalue weighted by molar-refractivity contribution is -0.384. The van der Waals surface area contributed by atoms with Crippen molar-refractivity contribution in [2.24, 2.45) is 11.3 Å². The van der Waals surface area contributed by atoms with E-state index in [4.69, 9.17) is 9.47 Å². The van der Waals surface area contributed by atoms with E-state index in [9.17, 15) is 33.2 Å². The number of sulfonamides is 1. The first-order valence-electron chi connectivity index (χ1n) is 25.2. The number of rotatable bonds is 13. The molecule has 5 N–H and O–H groups in total. The van der Waals surface area contributed by atoms with Crippen LogP contribution < -0.4 is 29.7 Å². The van der Waals surface area contributed by atoms with Crippen LogP contribution in [0.5, 0.6) is 17.2 Å². The van der Waals surface area contributed by atoms with Crippen molar-refractivity contribution in [1.29, 1.82) is 0 Å². The van der Waals surface area contributed by atoms with Crippen LogP contribution in [0.15, 0.2) is 77.8 Å². The highest BCUT2D eigenvalue weighted by atomic mass is 32.2. The minimum atomic E-state index is -4.74. The third kappa shape index (κ3) is 9.77. The lowest BCUT2D eigenvalue weighted by Crippen LogP contribution is -2.54. The summed E-state index contributed by atoms with van der Waals surface area (Å²) in [6.07, 6.45) is 11.1. The fourth-order valence-electron chi connectivity index (χ4n) is 11.9. The van der Waals surface area contributed by atoms with E-state index in [-0.39, 0.29) is 70.6 Å². The van der Waals surface area contributed by atoms with Gasteiger partial charge in [-0.3, -0.25) is 24.6 Å². The highest BCUT2D eigenvalue weighted by molar-refractivity contribution is 7.90. The summed E-state index contributed by atoms with van der Waals surface area (Å²) in [4.78, 5) is 51.0. The minimum absolute atomic E-state index is 0.0175. The smallest absolute Gasteiger partial charge is 0.297 e. The minimum Gasteiger partial charge on any atom is -0.489 e. The molecule has 5 aliphatic rings. The quantitative estimate of drug-likeness (QED) is 0.0549. The number of fused-ring (bicyclic) bond motifs is 2. The highest BCUT2D eigenvalue weighted by Gasteiger charge is 2.50. The second-order valence-electron chi connectivity index (χ2n) is 21.1. The molecule has 376 valence electrons. The van der Waals surface area contributed by atoms with E-state index in [1.165, 1.54) is 36.1 Å². The van der Waals surface area contributed by atoms with Gasteiger partial charge < -0.3 is 35.1 Å². The van der Waals surface area contributed by atoms with Crippen LogP contribution in [0.3, 0.4) is 0 Å². The Balaban J connectivity index is 0.894. The summed E-state index contributed by atoms with van der Waals surface area (Å²) in [6.45, 7) is 10.9. The van der Waals surface area contributed by atoms with Gasteiger partial charge in [0.2, 0.25) is 5.91 Å². The molecule has 3 aliphatic heterocycles. The maximum Gasteiger partial charge on any atom is 0.297 e. The summed E-state index contributed by atoms with van der Waals surface area (Å²) in [6, 6.07) is 20.2. The first-order chi connectivity index (χ1) is 34.0. The summed E-state index contributed by atoms with van der Waals surface area (Å²) >= 11 is 0. The van der Waals surface area contributed by atoms with Gasteiger partial charge in [0.25, 0.3) is 21.6 Å². The van der Waals surface area contributed by atoms with Crippen LogP contribution in [0.2, 0.25) is 0 Å². The van der Waals surface area contributed by atoms with Crippen LogP contribution in [0.25, 0.3) is 11.0 Å². The third-order valence-corrected chi connectivity index (χ3v) is 17.3. The van der Waals surface area contributed by atoms with Crippen LogP contribution in [-0.4, -0.2) is 89.1 Å². The largest absolute Gasteiger partial charge is 0.489 e. The van der Waals surface area contributed by atoms with Gasteiger partial charge in [0.15, 0.2) is 23.0 Å². The Morgan fingerprint density at radius 1 is 1.00 bits per heavy atom. The molecule has 4 fully saturated rings. The van der Waals surface area contributed by atoms with Crippen molar-refractivity contribution in [3.8, 4) is 17.2 Å². The topological polar surface area (TPSA) is 221 Å². The average molecular weight is 989 g/mol. The second kappa shape index (κ2) is 19.1. The van der Waals surface area contributed by atoms with Crippen LogP contribution in [0, 0.1) is 21.4 Å². The van der Waals surface area contributed by atoms with E-state index >= 15 is 0 Å². The predicted molar refractivity (Wildman–Crippen MR) is 271 cm³/mol. The second-order valence-corrected chi connectivity index (χ2v) is 22.7. The summed E-state index contributed by atoms with van der Waals surface area (Å²) in [7, 11) is -4.74. The maximum absolute atomic E-state index is 14.3. The Morgan fingerprint density at radius 2 is 1.76 bits per heavy atom. The summed E-state index contributed by atoms with van der Waals surface area (Å²) in [5, 5.41) is 29.7. The van der Waals surface area contributed by atoms with Crippen molar-refractivity contribution in [1.82, 2.24) is 19.6 Å². The molecule has 2 atom stereocenters. The summed E-state index contributed by atoms with van der Waals surface area (Å²) in [5.74, 6) is -0.565. The highest BCUT2D eigenvalue weighted by Crippen LogP contribution is 2.54. The fourth-order valence-corrected chi connectivity index (χ4v) is 12.9. The number of ether oxygens (including phenoxy) is 2. The number of aromatic nitrogens is 2. The van der Waals surface area contributed by atoms with E-state index in [1.807, 2.05) is 0 Å². The Labute approximate surface area is 414 Å². The first kappa shape index (κ1) is 48.4. The van der Waals surface area contributed by atoms with Gasteiger partial charge in [-0.1, -0.05) is 45.0 Å². The van der Waals surface area contributed by atoms with E-state index in [0.29, 0.717) is 54.7 Å². The Hall–Kier alpha value is -6.24. The van der Waals surface area contributed by atoms with Gasteiger partial charge in [0.05, 0.1) is 27.0 Å².